The summed E-state index contributed by atoms with van der Waals surface area (Å²) >= 11 is 0. The number of esters is 1. The fourth-order valence-electron chi connectivity index (χ4n) is 1.85. The van der Waals surface area contributed by atoms with Gasteiger partial charge in [0.05, 0.1) is 12.7 Å². The maximum Gasteiger partial charge on any atom is 0.337 e. The van der Waals surface area contributed by atoms with Gasteiger partial charge in [0.25, 0.3) is 0 Å². The quantitative estimate of drug-likeness (QED) is 0.643. The molecule has 0 spiro atoms. The molecule has 0 aliphatic rings. The Morgan fingerprint density at radius 3 is 2.14 bits per heavy atom. The molecule has 0 saturated heterocycles. The molecule has 0 heterocycles. The van der Waals surface area contributed by atoms with E-state index in [2.05, 4.69) is 4.74 Å². The Kier molecular flexibility index (Phi) is 7.84. The van der Waals surface area contributed by atoms with E-state index >= 15 is 0 Å². The Hall–Kier alpha value is -2.29. The minimum atomic E-state index is -0.328. The summed E-state index contributed by atoms with van der Waals surface area (Å²) in [5.74, 6) is -0.328. The van der Waals surface area contributed by atoms with Crippen LogP contribution in [0.4, 0.5) is 5.69 Å². The lowest BCUT2D eigenvalue weighted by molar-refractivity contribution is 0.0601. The van der Waals surface area contributed by atoms with Crippen LogP contribution in [-0.2, 0) is 4.74 Å². The summed E-state index contributed by atoms with van der Waals surface area (Å²) in [7, 11) is 1.37. The molecule has 3 heteroatoms. The number of anilines is 1. The van der Waals surface area contributed by atoms with E-state index in [1.807, 2.05) is 51.1 Å². The molecular formula is C18H25NO2. The molecule has 0 radical (unpaired) electrons. The zero-order chi connectivity index (χ0) is 15.1. The molecule has 0 saturated carbocycles. The average molecular weight is 287 g/mol. The summed E-state index contributed by atoms with van der Waals surface area (Å²) in [6, 6.07) is 13.1. The lowest BCUT2D eigenvalue weighted by atomic mass is 9.99. The molecule has 0 bridgehead atoms. The second kappa shape index (κ2) is 8.80. The molecule has 2 N–H and O–H groups in total. The summed E-state index contributed by atoms with van der Waals surface area (Å²) in [5.41, 5.74) is 10.3. The molecule has 0 fully saturated rings. The molecule has 2 aromatic carbocycles. The van der Waals surface area contributed by atoms with E-state index in [9.17, 15) is 4.79 Å². The number of benzene rings is 2. The molecule has 0 aliphatic heterocycles. The number of rotatable bonds is 2. The van der Waals surface area contributed by atoms with Gasteiger partial charge < -0.3 is 10.5 Å². The van der Waals surface area contributed by atoms with Crippen molar-refractivity contribution >= 4 is 11.7 Å². The molecule has 2 aromatic rings. The van der Waals surface area contributed by atoms with Crippen molar-refractivity contribution in [3.8, 4) is 11.1 Å². The van der Waals surface area contributed by atoms with Gasteiger partial charge in [-0.05, 0) is 47.9 Å². The van der Waals surface area contributed by atoms with Crippen molar-refractivity contribution in [3.63, 3.8) is 0 Å². The molecule has 21 heavy (non-hydrogen) atoms. The Bertz CT molecular complexity index is 574. The van der Waals surface area contributed by atoms with Crippen LogP contribution in [-0.4, -0.2) is 13.1 Å². The molecule has 3 nitrogen and oxygen atoms in total. The van der Waals surface area contributed by atoms with Crippen molar-refractivity contribution in [1.82, 2.24) is 0 Å². The van der Waals surface area contributed by atoms with Crippen LogP contribution in [0.2, 0.25) is 0 Å². The Labute approximate surface area is 127 Å². The minimum absolute atomic E-state index is 0. The molecule has 114 valence electrons. The SMILES string of the molecule is C.CC.COC(=O)c1ccc(-c2cc(N)ccc2C)cc1. The zero-order valence-corrected chi connectivity index (χ0v) is 12.4. The van der Waals surface area contributed by atoms with Gasteiger partial charge in [0, 0.05) is 5.69 Å². The van der Waals surface area contributed by atoms with Crippen LogP contribution in [0.5, 0.6) is 0 Å². The van der Waals surface area contributed by atoms with E-state index in [1.165, 1.54) is 7.11 Å². The van der Waals surface area contributed by atoms with Gasteiger partial charge in [-0.15, -0.1) is 0 Å². The second-order valence-electron chi connectivity index (χ2n) is 4.14. The van der Waals surface area contributed by atoms with Crippen LogP contribution >= 0.6 is 0 Å². The number of ether oxygens (including phenoxy) is 1. The monoisotopic (exact) mass is 287 g/mol. The van der Waals surface area contributed by atoms with Crippen LogP contribution in [0.1, 0.15) is 37.2 Å². The van der Waals surface area contributed by atoms with Crippen molar-refractivity contribution in [2.24, 2.45) is 0 Å². The van der Waals surface area contributed by atoms with Gasteiger partial charge in [-0.3, -0.25) is 0 Å². The van der Waals surface area contributed by atoms with Crippen molar-refractivity contribution in [1.29, 1.82) is 0 Å². The number of nitrogen functional groups attached to an aromatic ring is 1. The summed E-state index contributed by atoms with van der Waals surface area (Å²) in [6.45, 7) is 6.03. The lowest BCUT2D eigenvalue weighted by Crippen LogP contribution is -2.00. The standard InChI is InChI=1S/C15H15NO2.C2H6.CH4/c1-10-3-8-13(16)9-14(10)11-4-6-12(7-5-11)15(17)18-2;1-2;/h3-9H,16H2,1-2H3;1-2H3;1H4. The zero-order valence-electron chi connectivity index (χ0n) is 12.4. The van der Waals surface area contributed by atoms with E-state index < -0.39 is 0 Å². The van der Waals surface area contributed by atoms with E-state index in [-0.39, 0.29) is 13.4 Å². The summed E-state index contributed by atoms with van der Waals surface area (Å²) < 4.78 is 4.67. The van der Waals surface area contributed by atoms with Gasteiger partial charge >= 0.3 is 5.97 Å². The molecule has 0 aromatic heterocycles. The predicted molar refractivity (Wildman–Crippen MR) is 90.4 cm³/mol. The molecule has 0 unspecified atom stereocenters. The molecule has 0 aliphatic carbocycles. The maximum absolute atomic E-state index is 11.3. The van der Waals surface area contributed by atoms with Crippen molar-refractivity contribution < 1.29 is 9.53 Å². The van der Waals surface area contributed by atoms with Crippen molar-refractivity contribution in [2.45, 2.75) is 28.2 Å². The van der Waals surface area contributed by atoms with Gasteiger partial charge in [-0.2, -0.15) is 0 Å². The highest BCUT2D eigenvalue weighted by atomic mass is 16.5. The van der Waals surface area contributed by atoms with E-state index in [0.29, 0.717) is 5.56 Å². The topological polar surface area (TPSA) is 52.3 Å². The number of carbonyl (C=O) groups excluding carboxylic acids is 1. The number of nitrogens with two attached hydrogens (primary N) is 1. The second-order valence-corrected chi connectivity index (χ2v) is 4.14. The summed E-state index contributed by atoms with van der Waals surface area (Å²) in [6.07, 6.45) is 0. The fourth-order valence-corrected chi connectivity index (χ4v) is 1.85. The highest BCUT2D eigenvalue weighted by Crippen LogP contribution is 2.25. The average Bonchev–Trinajstić information content (AvgIpc) is 2.51. The first-order valence-corrected chi connectivity index (χ1v) is 6.66. The number of hydrogen-bond acceptors (Lipinski definition) is 3. The third kappa shape index (κ3) is 4.63. The molecule has 0 atom stereocenters. The summed E-state index contributed by atoms with van der Waals surface area (Å²) in [5, 5.41) is 0. The first kappa shape index (κ1) is 18.7. The van der Waals surface area contributed by atoms with E-state index in [0.717, 1.165) is 22.4 Å². The van der Waals surface area contributed by atoms with Gasteiger partial charge in [0.1, 0.15) is 0 Å². The number of aryl methyl sites for hydroxylation is 1. The first-order chi connectivity index (χ1) is 9.61. The van der Waals surface area contributed by atoms with Crippen LogP contribution in [0.25, 0.3) is 11.1 Å². The Morgan fingerprint density at radius 2 is 1.62 bits per heavy atom. The number of carbonyl (C=O) groups is 1. The predicted octanol–water partition coefficient (Wildman–Crippen LogP) is 4.69. The highest BCUT2D eigenvalue weighted by Gasteiger charge is 2.06. The van der Waals surface area contributed by atoms with E-state index in [1.54, 1.807) is 12.1 Å². The van der Waals surface area contributed by atoms with Gasteiger partial charge in [-0.25, -0.2) is 4.79 Å². The Morgan fingerprint density at radius 1 is 1.05 bits per heavy atom. The Balaban J connectivity index is 0.00000128. The highest BCUT2D eigenvalue weighted by molar-refractivity contribution is 5.90. The van der Waals surface area contributed by atoms with Gasteiger partial charge in [0.15, 0.2) is 0 Å². The summed E-state index contributed by atoms with van der Waals surface area (Å²) in [4.78, 5) is 11.3. The fraction of sp³-hybridized carbons (Fsp3) is 0.278. The number of hydrogen-bond donors (Lipinski definition) is 1. The van der Waals surface area contributed by atoms with Crippen molar-refractivity contribution in [2.75, 3.05) is 12.8 Å². The van der Waals surface area contributed by atoms with Crippen LogP contribution in [0, 0.1) is 6.92 Å². The van der Waals surface area contributed by atoms with E-state index in [4.69, 9.17) is 5.73 Å². The third-order valence-corrected chi connectivity index (χ3v) is 2.88. The molecule has 0 amide bonds. The molecular weight excluding hydrogens is 262 g/mol. The normalized spacial score (nSPS) is 8.95. The van der Waals surface area contributed by atoms with Crippen LogP contribution in [0.15, 0.2) is 42.5 Å². The largest absolute Gasteiger partial charge is 0.465 e. The van der Waals surface area contributed by atoms with Crippen molar-refractivity contribution in [3.05, 3.63) is 53.6 Å². The minimum Gasteiger partial charge on any atom is -0.465 e. The van der Waals surface area contributed by atoms with Gasteiger partial charge in [0.2, 0.25) is 0 Å². The van der Waals surface area contributed by atoms with Crippen LogP contribution in [0.3, 0.4) is 0 Å². The smallest absolute Gasteiger partial charge is 0.337 e. The third-order valence-electron chi connectivity index (χ3n) is 2.88. The first-order valence-electron chi connectivity index (χ1n) is 6.66. The lowest BCUT2D eigenvalue weighted by Gasteiger charge is -2.08. The number of methoxy groups -OCH3 is 1. The van der Waals surface area contributed by atoms with Crippen LogP contribution < -0.4 is 5.73 Å². The molecule has 2 rings (SSSR count). The van der Waals surface area contributed by atoms with Gasteiger partial charge in [-0.1, -0.05) is 39.5 Å². The maximum atomic E-state index is 11.3.